The fourth-order valence-electron chi connectivity index (χ4n) is 14.6. The number of amides is 6. The fourth-order valence-corrected chi connectivity index (χ4v) is 17.0. The Hall–Kier alpha value is -9.34. The van der Waals surface area contributed by atoms with Crippen molar-refractivity contribution >= 4 is 99.3 Å². The summed E-state index contributed by atoms with van der Waals surface area (Å²) < 4.78 is 112. The van der Waals surface area contributed by atoms with Crippen molar-refractivity contribution in [2.45, 2.75) is 212 Å². The number of carbonyl (C=O) groups is 6. The molecule has 700 valence electrons. The molecule has 5 aromatic rings. The van der Waals surface area contributed by atoms with Crippen LogP contribution in [0.4, 0.5) is 16.5 Å². The van der Waals surface area contributed by atoms with Crippen molar-refractivity contribution in [2.75, 3.05) is 94.9 Å². The van der Waals surface area contributed by atoms with Gasteiger partial charge in [-0.1, -0.05) is 36.5 Å². The first-order chi connectivity index (χ1) is 60.0. The molecule has 9 atom stereocenters. The number of nitrogens with one attached hydrogen (secondary N) is 6. The lowest BCUT2D eigenvalue weighted by Gasteiger charge is -2.27. The molecule has 0 bridgehead atoms. The molecule has 1 unspecified atom stereocenters. The molecule has 4 heterocycles. The van der Waals surface area contributed by atoms with Crippen LogP contribution in [0.2, 0.25) is 0 Å². The van der Waals surface area contributed by atoms with Crippen LogP contribution in [0.1, 0.15) is 162 Å². The van der Waals surface area contributed by atoms with E-state index >= 15 is 0 Å². The van der Waals surface area contributed by atoms with Gasteiger partial charge in [-0.2, -0.15) is 21.4 Å². The Bertz CT molecular complexity index is 5140. The highest BCUT2D eigenvalue weighted by molar-refractivity contribution is 7.91. The monoisotopic (exact) mass is 1860 g/mol. The molecule has 6 amide bonds. The Balaban J connectivity index is 0.908. The number of hydrogen-bond donors (Lipinski definition) is 19. The second-order valence-electron chi connectivity index (χ2n) is 32.0. The number of unbranched alkanes of at least 4 members (excludes halogenated alkanes) is 4. The van der Waals surface area contributed by atoms with Gasteiger partial charge in [-0.05, 0) is 174 Å². The molecule has 127 heavy (non-hydrogen) atoms. The predicted octanol–water partition coefficient (Wildman–Crippen LogP) is 0.243. The zero-order chi connectivity index (χ0) is 93.1. The summed E-state index contributed by atoms with van der Waals surface area (Å²) in [5.41, 5.74) is 4.79. The summed E-state index contributed by atoms with van der Waals surface area (Å²) in [7, 11) is -13.0. The predicted molar refractivity (Wildman–Crippen MR) is 462 cm³/mol. The van der Waals surface area contributed by atoms with E-state index in [9.17, 15) is 114 Å². The van der Waals surface area contributed by atoms with E-state index in [2.05, 4.69) is 57.0 Å². The van der Waals surface area contributed by atoms with Gasteiger partial charge in [0.15, 0.2) is 5.71 Å². The number of aliphatic hydroxyl groups is 10. The van der Waals surface area contributed by atoms with E-state index in [4.69, 9.17) is 19.3 Å². The molecule has 0 spiro atoms. The van der Waals surface area contributed by atoms with Crippen LogP contribution in [0.15, 0.2) is 123 Å². The molecular formula is C82H117N14O27S4+. The number of ether oxygens (including phenoxy) is 3. The maximum Gasteiger partial charge on any atom is 0.294 e. The Labute approximate surface area is 739 Å². The third kappa shape index (κ3) is 30.4. The van der Waals surface area contributed by atoms with Crippen LogP contribution in [0.3, 0.4) is 0 Å². The highest BCUT2D eigenvalue weighted by Gasteiger charge is 2.46. The molecule has 0 fully saturated rings. The first kappa shape index (κ1) is 103. The Morgan fingerprint density at radius 1 is 0.638 bits per heavy atom. The number of nitrogens with two attached hydrogens (primary N) is 1. The van der Waals surface area contributed by atoms with Crippen LogP contribution in [0, 0.1) is 0 Å². The van der Waals surface area contributed by atoms with E-state index in [0.717, 1.165) is 17.0 Å². The zero-order valence-corrected chi connectivity index (χ0v) is 74.5. The summed E-state index contributed by atoms with van der Waals surface area (Å²) >= 11 is 0.641. The van der Waals surface area contributed by atoms with Gasteiger partial charge in [0.2, 0.25) is 38.8 Å². The molecule has 2 aliphatic heterocycles. The van der Waals surface area contributed by atoms with E-state index in [1.54, 1.807) is 41.2 Å². The molecule has 1 aliphatic carbocycles. The average Bonchev–Trinajstić information content (AvgIpc) is 1.59. The van der Waals surface area contributed by atoms with Gasteiger partial charge >= 0.3 is 0 Å². The number of aryl methyl sites for hydroxylation is 2. The van der Waals surface area contributed by atoms with Gasteiger partial charge in [0.1, 0.15) is 60.7 Å². The number of aromatic nitrogens is 5. The molecule has 3 aromatic carbocycles. The third-order valence-electron chi connectivity index (χ3n) is 21.6. The number of hydrogen-bond acceptors (Lipinski definition) is 31. The van der Waals surface area contributed by atoms with Gasteiger partial charge in [-0.15, -0.1) is 15.3 Å². The average molecular weight is 1860 g/mol. The van der Waals surface area contributed by atoms with Gasteiger partial charge in [0.25, 0.3) is 42.1 Å². The summed E-state index contributed by atoms with van der Waals surface area (Å²) in [4.78, 5) is 79.9. The van der Waals surface area contributed by atoms with Crippen LogP contribution in [0.25, 0.3) is 0 Å². The van der Waals surface area contributed by atoms with Crippen molar-refractivity contribution in [3.05, 3.63) is 142 Å². The van der Waals surface area contributed by atoms with E-state index in [1.807, 2.05) is 56.9 Å². The number of primary sulfonamides is 1. The van der Waals surface area contributed by atoms with E-state index < -0.39 is 150 Å². The summed E-state index contributed by atoms with van der Waals surface area (Å²) in [5, 5.41) is 137. The molecule has 3 aliphatic rings. The van der Waals surface area contributed by atoms with Crippen molar-refractivity contribution < 1.29 is 133 Å². The number of carbonyl (C=O) groups excluding carboxylic acids is 6. The van der Waals surface area contributed by atoms with Gasteiger partial charge in [0, 0.05) is 117 Å². The molecular weight excluding hydrogens is 1740 g/mol. The summed E-state index contributed by atoms with van der Waals surface area (Å²) in [6.45, 7) is 8.42. The third-order valence-corrected chi connectivity index (χ3v) is 25.4. The number of benzene rings is 3. The highest BCUT2D eigenvalue weighted by Crippen LogP contribution is 2.49. The van der Waals surface area contributed by atoms with Crippen molar-refractivity contribution in [1.29, 1.82) is 0 Å². The number of sulfonamides is 1. The van der Waals surface area contributed by atoms with Crippen LogP contribution >= 0.6 is 11.3 Å². The van der Waals surface area contributed by atoms with E-state index in [0.29, 0.717) is 135 Å². The SMILES string of the molecule is CC(=O)NC(CCCCn1cc(CCCC(=O)Nc2nnc(S(N)(=O)=O)s2)nn1)C(=O)NCCOCCOCCNC(=O)CCCCC[N+]1=C(C=CC2=C(Oc3ccc(S(=O)(=O)O)cc3)C(=CC=C3N(CCCCS(=O)(=O)O)c4ccc(C(=O)NC[C@H](O)[C@@H](O)[C@H](O)[C@H](O)CO)cc4C3(C)C)CCC2)C(C)(C)c2cc(C(=O)NC[C@H](O)[C@@H](O)[C@H](O)[C@H](O)CO)ccc21. The summed E-state index contributed by atoms with van der Waals surface area (Å²) in [6, 6.07) is 14.3. The Morgan fingerprint density at radius 2 is 1.24 bits per heavy atom. The largest absolute Gasteiger partial charge is 0.457 e. The first-order valence-electron chi connectivity index (χ1n) is 41.5. The number of fused-ring (bicyclic) bond motifs is 2. The number of nitrogens with zero attached hydrogens (tertiary/aromatic N) is 7. The second-order valence-corrected chi connectivity index (χ2v) is 37.7. The second kappa shape index (κ2) is 47.8. The lowest BCUT2D eigenvalue weighted by molar-refractivity contribution is -0.438. The summed E-state index contributed by atoms with van der Waals surface area (Å²) in [5.74, 6) is -2.59. The topological polar surface area (TPSA) is 636 Å². The molecule has 45 heteroatoms. The molecule has 0 radical (unpaired) electrons. The van der Waals surface area contributed by atoms with Gasteiger partial charge < -0.3 is 102 Å². The first-order valence-corrected chi connectivity index (χ1v) is 46.9. The van der Waals surface area contributed by atoms with Crippen molar-refractivity contribution in [3.8, 4) is 5.75 Å². The van der Waals surface area contributed by atoms with Crippen molar-refractivity contribution in [3.63, 3.8) is 0 Å². The quantitative estimate of drug-likeness (QED) is 0.0107. The maximum atomic E-state index is 13.9. The lowest BCUT2D eigenvalue weighted by atomic mass is 9.80. The number of allylic oxidation sites excluding steroid dienone is 7. The smallest absolute Gasteiger partial charge is 0.294 e. The van der Waals surface area contributed by atoms with Crippen LogP contribution in [-0.4, -0.2) is 296 Å². The van der Waals surface area contributed by atoms with Gasteiger partial charge in [-0.25, -0.2) is 13.6 Å². The van der Waals surface area contributed by atoms with Crippen LogP contribution in [0.5, 0.6) is 5.75 Å². The minimum Gasteiger partial charge on any atom is -0.457 e. The Morgan fingerprint density at radius 3 is 1.85 bits per heavy atom. The summed E-state index contributed by atoms with van der Waals surface area (Å²) in [6.07, 6.45) is 0.782. The van der Waals surface area contributed by atoms with Gasteiger partial charge in [0.05, 0.1) is 73.6 Å². The molecule has 8 rings (SSSR count). The van der Waals surface area contributed by atoms with Crippen molar-refractivity contribution in [2.24, 2.45) is 5.14 Å². The molecule has 0 saturated heterocycles. The molecule has 20 N–H and O–H groups in total. The minimum atomic E-state index is -4.62. The lowest BCUT2D eigenvalue weighted by Crippen LogP contribution is -2.49. The van der Waals surface area contributed by atoms with E-state index in [1.165, 1.54) is 37.3 Å². The number of aliphatic hydroxyl groups excluding tert-OH is 10. The normalized spacial score (nSPS) is 17.4. The van der Waals surface area contributed by atoms with E-state index in [-0.39, 0.29) is 116 Å². The maximum absolute atomic E-state index is 13.9. The molecule has 0 saturated carbocycles. The molecule has 41 nitrogen and oxygen atoms in total. The van der Waals surface area contributed by atoms with Crippen molar-refractivity contribution in [1.82, 2.24) is 51.8 Å². The fraction of sp³-hybridized carbons (Fsp3) is 0.549. The molecule has 2 aromatic heterocycles. The highest BCUT2D eigenvalue weighted by atomic mass is 32.2. The number of rotatable bonds is 53. The van der Waals surface area contributed by atoms with Crippen LogP contribution < -0.4 is 46.7 Å². The Kier molecular flexibility index (Phi) is 38.8. The zero-order valence-electron chi connectivity index (χ0n) is 71.2. The number of anilines is 2. The van der Waals surface area contributed by atoms with Gasteiger partial charge in [-0.3, -0.25) is 42.6 Å². The standard InChI is InChI=1S/C82H116N14O27S4/c1-50(99)88-60(18-8-10-35-94-47-55(90-93-94)17-14-20-70(105)89-79-91-92-80(124-79)126(83,116)117)78(112)85-34-39-122-41-40-121-38-33-84-69(104)19-7-6-9-36-95-61-29-21-53(76(110)86-45-63(100)71(106)73(108)65(102)48-97)43-58(61)81(2,3)67(95)31-23-51-15-13-16-52(75(51)123-56-25-27-57(28-26-56)127(118,119)120)24-32-68-82(4,5)59-44-54(22-30-62(59)96(68)37-11-12-42-125(113,114)115)77(111)87-46-64(101)72(107)74(109)66(103)49-98/h21-32,43-44,47,60,63-66,71-74,97-98,100-103,106-109H,6-20,33-42,45-46,48-49H2,1-5H3,(H9-,83,84,85,86,87,88,89,91,99,104,105,110,111,112,113,114,115,116,117,118,119,120)/p+1/t60?,63-,64-,65+,66+,71+,72+,73+,74+/m0/s1. The van der Waals surface area contributed by atoms with Crippen LogP contribution in [-0.2, 0) is 82.7 Å². The minimum absolute atomic E-state index is 0.00600.